The first-order valence-corrected chi connectivity index (χ1v) is 9.44. The first-order chi connectivity index (χ1) is 13.9. The number of ether oxygens (including phenoxy) is 3. The molecule has 2 rings (SSSR count). The molecule has 0 atom stereocenters. The maximum Gasteiger partial charge on any atom is 0.269 e. The predicted octanol–water partition coefficient (Wildman–Crippen LogP) is 3.34. The summed E-state index contributed by atoms with van der Waals surface area (Å²) in [4.78, 5) is 24.6. The molecule has 156 valence electrons. The van der Waals surface area contributed by atoms with Crippen molar-refractivity contribution in [1.82, 2.24) is 10.9 Å². The Hall–Kier alpha value is -3.06. The maximum absolute atomic E-state index is 12.4. The summed E-state index contributed by atoms with van der Waals surface area (Å²) in [7, 11) is 3.12. The number of rotatable bonds is 9. The molecule has 0 bridgehead atoms. The highest BCUT2D eigenvalue weighted by molar-refractivity contribution is 5.99. The zero-order valence-corrected chi connectivity index (χ0v) is 17.3. The van der Waals surface area contributed by atoms with E-state index in [1.165, 1.54) is 7.11 Å². The predicted molar refractivity (Wildman–Crippen MR) is 110 cm³/mol. The van der Waals surface area contributed by atoms with Crippen LogP contribution in [0.3, 0.4) is 0 Å². The molecule has 0 aliphatic carbocycles. The highest BCUT2D eigenvalue weighted by Crippen LogP contribution is 2.28. The zero-order chi connectivity index (χ0) is 21.2. The van der Waals surface area contributed by atoms with Gasteiger partial charge >= 0.3 is 0 Å². The highest BCUT2D eigenvalue weighted by Gasteiger charge is 2.13. The van der Waals surface area contributed by atoms with Crippen molar-refractivity contribution in [2.45, 2.75) is 26.9 Å². The lowest BCUT2D eigenvalue weighted by Gasteiger charge is -2.13. The largest absolute Gasteiger partial charge is 0.493 e. The van der Waals surface area contributed by atoms with E-state index >= 15 is 0 Å². The Bertz CT molecular complexity index is 818. The highest BCUT2D eigenvalue weighted by atomic mass is 16.5. The van der Waals surface area contributed by atoms with Crippen LogP contribution in [0, 0.1) is 5.92 Å². The van der Waals surface area contributed by atoms with Crippen LogP contribution < -0.4 is 20.3 Å². The molecule has 0 aliphatic rings. The van der Waals surface area contributed by atoms with E-state index in [-0.39, 0.29) is 0 Å². The van der Waals surface area contributed by atoms with Gasteiger partial charge in [-0.05, 0) is 48.2 Å². The van der Waals surface area contributed by atoms with Crippen molar-refractivity contribution in [2.24, 2.45) is 5.92 Å². The molecule has 2 N–H and O–H groups in total. The van der Waals surface area contributed by atoms with E-state index in [1.54, 1.807) is 49.6 Å². The lowest BCUT2D eigenvalue weighted by Crippen LogP contribution is -2.41. The molecule has 7 nitrogen and oxygen atoms in total. The van der Waals surface area contributed by atoms with E-state index < -0.39 is 11.8 Å². The van der Waals surface area contributed by atoms with Crippen molar-refractivity contribution >= 4 is 11.8 Å². The molecule has 7 heteroatoms. The number of amides is 2. The first kappa shape index (κ1) is 22.2. The Morgan fingerprint density at radius 1 is 0.897 bits per heavy atom. The van der Waals surface area contributed by atoms with Crippen LogP contribution in [-0.4, -0.2) is 32.6 Å². The fourth-order valence-corrected chi connectivity index (χ4v) is 2.51. The molecule has 2 amide bonds. The molecule has 0 saturated heterocycles. The van der Waals surface area contributed by atoms with Crippen molar-refractivity contribution < 1.29 is 23.8 Å². The fraction of sp³-hybridized carbons (Fsp3) is 0.364. The van der Waals surface area contributed by atoms with Gasteiger partial charge in [0, 0.05) is 18.2 Å². The number of methoxy groups -OCH3 is 2. The molecule has 0 saturated carbocycles. The van der Waals surface area contributed by atoms with E-state index in [4.69, 9.17) is 14.2 Å². The lowest BCUT2D eigenvalue weighted by atomic mass is 10.1. The molecule has 2 aromatic carbocycles. The second-order valence-corrected chi connectivity index (χ2v) is 6.93. The van der Waals surface area contributed by atoms with Gasteiger partial charge in [0.2, 0.25) is 0 Å². The van der Waals surface area contributed by atoms with Crippen LogP contribution in [0.4, 0.5) is 0 Å². The molecule has 29 heavy (non-hydrogen) atoms. The van der Waals surface area contributed by atoms with Crippen LogP contribution in [0.1, 0.15) is 46.5 Å². The Kier molecular flexibility index (Phi) is 8.48. The smallest absolute Gasteiger partial charge is 0.269 e. The molecule has 0 spiro atoms. The van der Waals surface area contributed by atoms with Gasteiger partial charge in [-0.25, -0.2) is 0 Å². The summed E-state index contributed by atoms with van der Waals surface area (Å²) in [5, 5.41) is 0. The summed E-state index contributed by atoms with van der Waals surface area (Å²) in [6, 6.07) is 11.8. The number of carbonyl (C=O) groups excluding carboxylic acids is 2. The van der Waals surface area contributed by atoms with Crippen LogP contribution in [0.2, 0.25) is 0 Å². The molecular weight excluding hydrogens is 372 g/mol. The van der Waals surface area contributed by atoms with Crippen molar-refractivity contribution in [3.8, 4) is 11.5 Å². The molecule has 2 aromatic rings. The average Bonchev–Trinajstić information content (AvgIpc) is 2.72. The number of hydrogen-bond donors (Lipinski definition) is 2. The Morgan fingerprint density at radius 2 is 1.52 bits per heavy atom. The summed E-state index contributed by atoms with van der Waals surface area (Å²) in [6.45, 7) is 5.28. The van der Waals surface area contributed by atoms with Gasteiger partial charge in [0.15, 0.2) is 11.5 Å². The SMILES string of the molecule is COCc1ccc(C(=O)NNC(=O)c2ccc(OCCC(C)C)c(OC)c2)cc1. The summed E-state index contributed by atoms with van der Waals surface area (Å²) >= 11 is 0. The Balaban J connectivity index is 1.94. The average molecular weight is 400 g/mol. The number of benzene rings is 2. The van der Waals surface area contributed by atoms with Gasteiger partial charge in [0.05, 0.1) is 20.3 Å². The minimum atomic E-state index is -0.457. The van der Waals surface area contributed by atoms with E-state index in [1.807, 2.05) is 0 Å². The molecule has 0 aromatic heterocycles. The summed E-state index contributed by atoms with van der Waals surface area (Å²) in [5.41, 5.74) is 6.54. The van der Waals surface area contributed by atoms with Gasteiger partial charge in [0.25, 0.3) is 11.8 Å². The number of hydrogen-bond acceptors (Lipinski definition) is 5. The molecule has 0 unspecified atom stereocenters. The van der Waals surface area contributed by atoms with E-state index in [2.05, 4.69) is 24.7 Å². The molecule has 0 aliphatic heterocycles. The normalized spacial score (nSPS) is 10.5. The van der Waals surface area contributed by atoms with Gasteiger partial charge in [-0.15, -0.1) is 0 Å². The standard InChI is InChI=1S/C22H28N2O5/c1-15(2)11-12-29-19-10-9-18(13-20(19)28-4)22(26)24-23-21(25)17-7-5-16(6-8-17)14-27-3/h5-10,13,15H,11-12,14H2,1-4H3,(H,23,25)(H,24,26). The Morgan fingerprint density at radius 3 is 2.10 bits per heavy atom. The fourth-order valence-electron chi connectivity index (χ4n) is 2.51. The van der Waals surface area contributed by atoms with Gasteiger partial charge in [-0.2, -0.15) is 0 Å². The van der Waals surface area contributed by atoms with Gasteiger partial charge in [-0.1, -0.05) is 26.0 Å². The van der Waals surface area contributed by atoms with Gasteiger partial charge in [0.1, 0.15) is 0 Å². The Labute approximate surface area is 171 Å². The van der Waals surface area contributed by atoms with E-state index in [0.717, 1.165) is 12.0 Å². The molecular formula is C22H28N2O5. The third-order valence-electron chi connectivity index (χ3n) is 4.20. The monoisotopic (exact) mass is 400 g/mol. The first-order valence-electron chi connectivity index (χ1n) is 9.44. The molecule has 0 radical (unpaired) electrons. The quantitative estimate of drug-likeness (QED) is 0.631. The van der Waals surface area contributed by atoms with Crippen LogP contribution in [0.25, 0.3) is 0 Å². The van der Waals surface area contributed by atoms with E-state index in [0.29, 0.717) is 41.8 Å². The second-order valence-electron chi connectivity index (χ2n) is 6.93. The van der Waals surface area contributed by atoms with Gasteiger partial charge < -0.3 is 14.2 Å². The second kappa shape index (κ2) is 11.1. The lowest BCUT2D eigenvalue weighted by molar-refractivity contribution is 0.0846. The summed E-state index contributed by atoms with van der Waals surface area (Å²) in [5.74, 6) is 0.696. The number of nitrogens with one attached hydrogen (secondary N) is 2. The van der Waals surface area contributed by atoms with Crippen LogP contribution in [0.5, 0.6) is 11.5 Å². The topological polar surface area (TPSA) is 85.9 Å². The van der Waals surface area contributed by atoms with Crippen molar-refractivity contribution in [2.75, 3.05) is 20.8 Å². The summed E-state index contributed by atoms with van der Waals surface area (Å²) < 4.78 is 16.1. The van der Waals surface area contributed by atoms with E-state index in [9.17, 15) is 9.59 Å². The van der Waals surface area contributed by atoms with Crippen molar-refractivity contribution in [3.05, 3.63) is 59.2 Å². The van der Waals surface area contributed by atoms with Crippen LogP contribution in [0.15, 0.2) is 42.5 Å². The minimum absolute atomic E-state index is 0.341. The molecule has 0 heterocycles. The van der Waals surface area contributed by atoms with Crippen molar-refractivity contribution in [3.63, 3.8) is 0 Å². The van der Waals surface area contributed by atoms with Gasteiger partial charge in [-0.3, -0.25) is 20.4 Å². The summed E-state index contributed by atoms with van der Waals surface area (Å²) in [6.07, 6.45) is 0.921. The molecule has 0 fully saturated rings. The van der Waals surface area contributed by atoms with Crippen LogP contribution in [-0.2, 0) is 11.3 Å². The third-order valence-corrected chi connectivity index (χ3v) is 4.20. The minimum Gasteiger partial charge on any atom is -0.493 e. The maximum atomic E-state index is 12.4. The van der Waals surface area contributed by atoms with Crippen molar-refractivity contribution in [1.29, 1.82) is 0 Å². The number of hydrazine groups is 1. The van der Waals surface area contributed by atoms with Crippen LogP contribution >= 0.6 is 0 Å². The zero-order valence-electron chi connectivity index (χ0n) is 17.3. The number of carbonyl (C=O) groups is 2. The third kappa shape index (κ3) is 6.80.